The Balaban J connectivity index is 2.24. The molecule has 0 bridgehead atoms. The van der Waals surface area contributed by atoms with Crippen LogP contribution in [-0.2, 0) is 4.79 Å². The van der Waals surface area contributed by atoms with Crippen LogP contribution in [0.5, 0.6) is 0 Å². The zero-order valence-corrected chi connectivity index (χ0v) is 8.10. The number of carbonyl (C=O) groups is 1. The monoisotopic (exact) mass is 169 g/mol. The molecule has 2 heteroatoms. The Morgan fingerprint density at radius 3 is 2.83 bits per heavy atom. The molecule has 0 aromatic heterocycles. The third-order valence-corrected chi connectivity index (χ3v) is 2.74. The molecule has 1 aliphatic rings. The Morgan fingerprint density at radius 1 is 1.58 bits per heavy atom. The molecule has 1 aliphatic heterocycles. The molecule has 0 saturated carbocycles. The van der Waals surface area contributed by atoms with Crippen LogP contribution in [0.15, 0.2) is 0 Å². The van der Waals surface area contributed by atoms with Gasteiger partial charge in [0.15, 0.2) is 0 Å². The SMILES string of the molecule is CC(=O)[C@@H](C)CC1CCCCN1. The highest BCUT2D eigenvalue weighted by molar-refractivity contribution is 5.77. The molecule has 0 aromatic carbocycles. The number of hydrogen-bond acceptors (Lipinski definition) is 2. The van der Waals surface area contributed by atoms with Crippen LogP contribution in [0, 0.1) is 5.92 Å². The number of piperidine rings is 1. The van der Waals surface area contributed by atoms with Gasteiger partial charge in [0.05, 0.1) is 0 Å². The topological polar surface area (TPSA) is 29.1 Å². The predicted octanol–water partition coefficient (Wildman–Crippen LogP) is 1.74. The summed E-state index contributed by atoms with van der Waals surface area (Å²) >= 11 is 0. The first-order valence-electron chi connectivity index (χ1n) is 4.94. The highest BCUT2D eigenvalue weighted by Gasteiger charge is 2.17. The number of carbonyl (C=O) groups excluding carboxylic acids is 1. The summed E-state index contributed by atoms with van der Waals surface area (Å²) in [5.74, 6) is 0.558. The summed E-state index contributed by atoms with van der Waals surface area (Å²) in [6, 6.07) is 0.595. The average Bonchev–Trinajstić information content (AvgIpc) is 2.06. The van der Waals surface area contributed by atoms with Gasteiger partial charge in [0.2, 0.25) is 0 Å². The molecule has 0 aromatic rings. The van der Waals surface area contributed by atoms with Crippen LogP contribution in [0.4, 0.5) is 0 Å². The summed E-state index contributed by atoms with van der Waals surface area (Å²) in [6.07, 6.45) is 4.89. The van der Waals surface area contributed by atoms with E-state index in [1.807, 2.05) is 6.92 Å². The first kappa shape index (κ1) is 9.72. The summed E-state index contributed by atoms with van der Waals surface area (Å²) in [7, 11) is 0. The summed E-state index contributed by atoms with van der Waals surface area (Å²) in [5, 5.41) is 3.45. The molecule has 1 fully saturated rings. The van der Waals surface area contributed by atoms with E-state index in [0.29, 0.717) is 11.8 Å². The van der Waals surface area contributed by atoms with Crippen LogP contribution >= 0.6 is 0 Å². The van der Waals surface area contributed by atoms with Gasteiger partial charge in [-0.2, -0.15) is 0 Å². The van der Waals surface area contributed by atoms with Gasteiger partial charge in [-0.15, -0.1) is 0 Å². The van der Waals surface area contributed by atoms with Gasteiger partial charge in [-0.05, 0) is 32.7 Å². The predicted molar refractivity (Wildman–Crippen MR) is 50.1 cm³/mol. The van der Waals surface area contributed by atoms with E-state index in [4.69, 9.17) is 0 Å². The van der Waals surface area contributed by atoms with Gasteiger partial charge in [0, 0.05) is 12.0 Å². The van der Waals surface area contributed by atoms with Gasteiger partial charge in [-0.3, -0.25) is 4.79 Å². The van der Waals surface area contributed by atoms with Gasteiger partial charge in [-0.1, -0.05) is 13.3 Å². The molecule has 12 heavy (non-hydrogen) atoms. The fraction of sp³-hybridized carbons (Fsp3) is 0.900. The zero-order chi connectivity index (χ0) is 8.97. The lowest BCUT2D eigenvalue weighted by molar-refractivity contribution is -0.120. The van der Waals surface area contributed by atoms with Crippen molar-refractivity contribution in [1.82, 2.24) is 5.32 Å². The maximum atomic E-state index is 11.0. The van der Waals surface area contributed by atoms with Crippen molar-refractivity contribution in [2.75, 3.05) is 6.54 Å². The van der Waals surface area contributed by atoms with Gasteiger partial charge >= 0.3 is 0 Å². The third-order valence-electron chi connectivity index (χ3n) is 2.74. The van der Waals surface area contributed by atoms with E-state index in [1.54, 1.807) is 6.92 Å². The summed E-state index contributed by atoms with van der Waals surface area (Å²) in [5.41, 5.74) is 0. The first-order chi connectivity index (χ1) is 5.70. The molecule has 0 amide bonds. The third kappa shape index (κ3) is 2.94. The Labute approximate surface area is 74.7 Å². The number of Topliss-reactive ketones (excluding diaryl/α,β-unsaturated/α-hetero) is 1. The van der Waals surface area contributed by atoms with E-state index in [0.717, 1.165) is 13.0 Å². The Morgan fingerprint density at radius 2 is 2.33 bits per heavy atom. The Bertz CT molecular complexity index is 150. The van der Waals surface area contributed by atoms with Crippen molar-refractivity contribution in [2.24, 2.45) is 5.92 Å². The highest BCUT2D eigenvalue weighted by Crippen LogP contribution is 2.15. The van der Waals surface area contributed by atoms with E-state index in [2.05, 4.69) is 5.32 Å². The highest BCUT2D eigenvalue weighted by atomic mass is 16.1. The molecular formula is C10H19NO. The maximum absolute atomic E-state index is 11.0. The van der Waals surface area contributed by atoms with Crippen LogP contribution in [0.2, 0.25) is 0 Å². The molecule has 2 atom stereocenters. The van der Waals surface area contributed by atoms with Crippen LogP contribution in [0.25, 0.3) is 0 Å². The van der Waals surface area contributed by atoms with Gasteiger partial charge in [-0.25, -0.2) is 0 Å². The van der Waals surface area contributed by atoms with Crippen LogP contribution in [0.1, 0.15) is 39.5 Å². The average molecular weight is 169 g/mol. The molecule has 0 radical (unpaired) electrons. The molecule has 1 N–H and O–H groups in total. The zero-order valence-electron chi connectivity index (χ0n) is 8.10. The summed E-state index contributed by atoms with van der Waals surface area (Å²) in [4.78, 5) is 11.0. The molecular weight excluding hydrogens is 150 g/mol. The number of ketones is 1. The first-order valence-corrected chi connectivity index (χ1v) is 4.94. The number of hydrogen-bond donors (Lipinski definition) is 1. The standard InChI is InChI=1S/C10H19NO/c1-8(9(2)12)7-10-5-3-4-6-11-10/h8,10-11H,3-7H2,1-2H3/t8-,10?/m0/s1. The lowest BCUT2D eigenvalue weighted by atomic mass is 9.93. The minimum Gasteiger partial charge on any atom is -0.314 e. The van der Waals surface area contributed by atoms with E-state index in [9.17, 15) is 4.79 Å². The van der Waals surface area contributed by atoms with Crippen LogP contribution < -0.4 is 5.32 Å². The van der Waals surface area contributed by atoms with Crippen molar-refractivity contribution < 1.29 is 4.79 Å². The van der Waals surface area contributed by atoms with E-state index >= 15 is 0 Å². The van der Waals surface area contributed by atoms with Gasteiger partial charge in [0.25, 0.3) is 0 Å². The second-order valence-corrected chi connectivity index (χ2v) is 3.89. The number of nitrogens with one attached hydrogen (secondary N) is 1. The molecule has 0 spiro atoms. The minimum absolute atomic E-state index is 0.237. The van der Waals surface area contributed by atoms with Crippen molar-refractivity contribution in [2.45, 2.75) is 45.6 Å². The molecule has 1 unspecified atom stereocenters. The van der Waals surface area contributed by atoms with E-state index < -0.39 is 0 Å². The smallest absolute Gasteiger partial charge is 0.132 e. The molecule has 2 nitrogen and oxygen atoms in total. The maximum Gasteiger partial charge on any atom is 0.132 e. The summed E-state index contributed by atoms with van der Waals surface area (Å²) < 4.78 is 0. The van der Waals surface area contributed by atoms with Crippen molar-refractivity contribution in [3.05, 3.63) is 0 Å². The largest absolute Gasteiger partial charge is 0.314 e. The fourth-order valence-corrected chi connectivity index (χ4v) is 1.72. The van der Waals surface area contributed by atoms with E-state index in [-0.39, 0.29) is 5.92 Å². The molecule has 1 rings (SSSR count). The van der Waals surface area contributed by atoms with Crippen LogP contribution in [-0.4, -0.2) is 18.4 Å². The quantitative estimate of drug-likeness (QED) is 0.697. The summed E-state index contributed by atoms with van der Waals surface area (Å²) in [6.45, 7) is 4.85. The fourth-order valence-electron chi connectivity index (χ4n) is 1.72. The van der Waals surface area contributed by atoms with Crippen molar-refractivity contribution in [3.63, 3.8) is 0 Å². The second-order valence-electron chi connectivity index (χ2n) is 3.89. The van der Waals surface area contributed by atoms with Crippen molar-refractivity contribution in [1.29, 1.82) is 0 Å². The number of rotatable bonds is 3. The van der Waals surface area contributed by atoms with Crippen molar-refractivity contribution in [3.8, 4) is 0 Å². The molecule has 1 heterocycles. The Kier molecular flexibility index (Phi) is 3.73. The van der Waals surface area contributed by atoms with E-state index in [1.165, 1.54) is 19.3 Å². The lowest BCUT2D eigenvalue weighted by Crippen LogP contribution is -2.36. The minimum atomic E-state index is 0.237. The molecule has 0 aliphatic carbocycles. The van der Waals surface area contributed by atoms with Crippen molar-refractivity contribution >= 4 is 5.78 Å². The normalized spacial score (nSPS) is 26.7. The van der Waals surface area contributed by atoms with Gasteiger partial charge < -0.3 is 5.32 Å². The van der Waals surface area contributed by atoms with Gasteiger partial charge in [0.1, 0.15) is 5.78 Å². The lowest BCUT2D eigenvalue weighted by Gasteiger charge is -2.25. The molecule has 1 saturated heterocycles. The molecule has 70 valence electrons. The van der Waals surface area contributed by atoms with Crippen LogP contribution in [0.3, 0.4) is 0 Å². The Hall–Kier alpha value is -0.370. The second kappa shape index (κ2) is 4.61.